The van der Waals surface area contributed by atoms with Gasteiger partial charge in [-0.25, -0.2) is 4.98 Å². The van der Waals surface area contributed by atoms with Crippen molar-refractivity contribution in [2.75, 3.05) is 11.9 Å². The first-order valence-corrected chi connectivity index (χ1v) is 6.32. The van der Waals surface area contributed by atoms with E-state index in [4.69, 9.17) is 0 Å². The Balaban J connectivity index is 1.83. The van der Waals surface area contributed by atoms with Gasteiger partial charge in [0.2, 0.25) is 0 Å². The van der Waals surface area contributed by atoms with Crippen LogP contribution in [0.15, 0.2) is 0 Å². The van der Waals surface area contributed by atoms with Crippen LogP contribution in [0, 0.1) is 19.8 Å². The zero-order chi connectivity index (χ0) is 10.8. The average Bonchev–Trinajstić information content (AvgIpc) is 2.72. The second-order valence-corrected chi connectivity index (χ2v) is 5.58. The van der Waals surface area contributed by atoms with Crippen LogP contribution in [0.1, 0.15) is 29.8 Å². The Kier molecular flexibility index (Phi) is 3.26. The second kappa shape index (κ2) is 4.49. The van der Waals surface area contributed by atoms with Crippen LogP contribution in [0.2, 0.25) is 0 Å². The number of hydrogen-bond acceptors (Lipinski definition) is 4. The van der Waals surface area contributed by atoms with E-state index in [1.54, 1.807) is 11.3 Å². The first kappa shape index (κ1) is 10.9. The van der Waals surface area contributed by atoms with Crippen LogP contribution < -0.4 is 5.32 Å². The Morgan fingerprint density at radius 2 is 2.27 bits per heavy atom. The van der Waals surface area contributed by atoms with Crippen LogP contribution in [0.4, 0.5) is 5.13 Å². The highest BCUT2D eigenvalue weighted by atomic mass is 32.1. The number of nitrogens with one attached hydrogen (secondary N) is 1. The van der Waals surface area contributed by atoms with Gasteiger partial charge in [0.25, 0.3) is 0 Å². The summed E-state index contributed by atoms with van der Waals surface area (Å²) in [6.45, 7) is 5.08. The molecule has 2 atom stereocenters. The number of aromatic nitrogens is 1. The Morgan fingerprint density at radius 3 is 2.80 bits per heavy atom. The van der Waals surface area contributed by atoms with Crippen molar-refractivity contribution in [3.8, 4) is 0 Å². The quantitative estimate of drug-likeness (QED) is 0.831. The number of anilines is 1. The Morgan fingerprint density at radius 1 is 1.47 bits per heavy atom. The molecule has 2 N–H and O–H groups in total. The van der Waals surface area contributed by atoms with Crippen LogP contribution in [0.5, 0.6) is 0 Å². The molecule has 1 saturated carbocycles. The molecule has 3 nitrogen and oxygen atoms in total. The van der Waals surface area contributed by atoms with E-state index in [1.165, 1.54) is 4.88 Å². The molecule has 4 heteroatoms. The predicted octanol–water partition coefficient (Wildman–Crippen LogP) is 2.33. The summed E-state index contributed by atoms with van der Waals surface area (Å²) in [4.78, 5) is 5.72. The van der Waals surface area contributed by atoms with Crippen molar-refractivity contribution < 1.29 is 5.11 Å². The molecule has 2 unspecified atom stereocenters. The minimum Gasteiger partial charge on any atom is -0.393 e. The zero-order valence-electron chi connectivity index (χ0n) is 9.29. The van der Waals surface area contributed by atoms with Crippen LogP contribution in [0.25, 0.3) is 0 Å². The fraction of sp³-hybridized carbons (Fsp3) is 0.727. The smallest absolute Gasteiger partial charge is 0.183 e. The van der Waals surface area contributed by atoms with Crippen LogP contribution in [-0.4, -0.2) is 22.7 Å². The highest BCUT2D eigenvalue weighted by Gasteiger charge is 2.22. The Bertz CT molecular complexity index is 318. The predicted molar refractivity (Wildman–Crippen MR) is 63.4 cm³/mol. The summed E-state index contributed by atoms with van der Waals surface area (Å²) >= 11 is 1.71. The molecule has 0 aromatic carbocycles. The molecule has 1 heterocycles. The Hall–Kier alpha value is -0.610. The summed E-state index contributed by atoms with van der Waals surface area (Å²) in [5.41, 5.74) is 1.12. The Labute approximate surface area is 94.5 Å². The molecule has 1 aromatic rings. The molecule has 0 saturated heterocycles. The summed E-state index contributed by atoms with van der Waals surface area (Å²) < 4.78 is 0. The van der Waals surface area contributed by atoms with Gasteiger partial charge in [0.05, 0.1) is 11.8 Å². The van der Waals surface area contributed by atoms with E-state index in [9.17, 15) is 5.11 Å². The number of rotatable bonds is 3. The maximum atomic E-state index is 9.40. The molecule has 0 radical (unpaired) electrons. The second-order valence-electron chi connectivity index (χ2n) is 4.37. The molecule has 1 fully saturated rings. The van der Waals surface area contributed by atoms with Gasteiger partial charge in [-0.05, 0) is 39.0 Å². The molecule has 1 aliphatic rings. The van der Waals surface area contributed by atoms with Gasteiger partial charge in [0, 0.05) is 11.4 Å². The molecular weight excluding hydrogens is 208 g/mol. The third-order valence-corrected chi connectivity index (χ3v) is 4.11. The molecular formula is C11H18N2OS. The average molecular weight is 226 g/mol. The van der Waals surface area contributed by atoms with Gasteiger partial charge in [-0.2, -0.15) is 0 Å². The van der Waals surface area contributed by atoms with Crippen LogP contribution >= 0.6 is 11.3 Å². The van der Waals surface area contributed by atoms with Crippen molar-refractivity contribution in [2.45, 2.75) is 39.2 Å². The van der Waals surface area contributed by atoms with Crippen molar-refractivity contribution in [3.63, 3.8) is 0 Å². The minimum atomic E-state index is -0.0726. The largest absolute Gasteiger partial charge is 0.393 e. The zero-order valence-corrected chi connectivity index (χ0v) is 10.1. The van der Waals surface area contributed by atoms with E-state index in [0.717, 1.165) is 36.6 Å². The van der Waals surface area contributed by atoms with Crippen molar-refractivity contribution in [3.05, 3.63) is 10.6 Å². The molecule has 1 aromatic heterocycles. The van der Waals surface area contributed by atoms with E-state index < -0.39 is 0 Å². The summed E-state index contributed by atoms with van der Waals surface area (Å²) in [6.07, 6.45) is 2.97. The van der Waals surface area contributed by atoms with Gasteiger partial charge < -0.3 is 10.4 Å². The number of aliphatic hydroxyl groups excluding tert-OH is 1. The van der Waals surface area contributed by atoms with Crippen LogP contribution in [0.3, 0.4) is 0 Å². The van der Waals surface area contributed by atoms with E-state index in [1.807, 2.05) is 6.92 Å². The lowest BCUT2D eigenvalue weighted by atomic mass is 10.1. The third kappa shape index (κ3) is 2.69. The fourth-order valence-corrected chi connectivity index (χ4v) is 2.84. The van der Waals surface area contributed by atoms with Gasteiger partial charge >= 0.3 is 0 Å². The lowest BCUT2D eigenvalue weighted by Crippen LogP contribution is -2.12. The van der Waals surface area contributed by atoms with E-state index in [-0.39, 0.29) is 6.10 Å². The fourth-order valence-electron chi connectivity index (χ4n) is 2.01. The van der Waals surface area contributed by atoms with Gasteiger partial charge in [-0.1, -0.05) is 0 Å². The monoisotopic (exact) mass is 226 g/mol. The van der Waals surface area contributed by atoms with Gasteiger partial charge in [0.15, 0.2) is 5.13 Å². The molecule has 15 heavy (non-hydrogen) atoms. The van der Waals surface area contributed by atoms with Gasteiger partial charge in [-0.15, -0.1) is 11.3 Å². The van der Waals surface area contributed by atoms with E-state index in [0.29, 0.717) is 5.92 Å². The lowest BCUT2D eigenvalue weighted by molar-refractivity contribution is 0.178. The highest BCUT2D eigenvalue weighted by Crippen LogP contribution is 2.27. The standard InChI is InChI=1S/C11H18N2OS/c1-7-8(2)15-11(13-7)12-6-9-3-4-10(14)5-9/h9-10,14H,3-6H2,1-2H3,(H,12,13). The minimum absolute atomic E-state index is 0.0726. The highest BCUT2D eigenvalue weighted by molar-refractivity contribution is 7.15. The first-order chi connectivity index (χ1) is 7.15. The van der Waals surface area contributed by atoms with Crippen molar-refractivity contribution in [2.24, 2.45) is 5.92 Å². The summed E-state index contributed by atoms with van der Waals surface area (Å²) in [6, 6.07) is 0. The maximum absolute atomic E-state index is 9.40. The van der Waals surface area contributed by atoms with E-state index in [2.05, 4.69) is 17.2 Å². The molecule has 0 amide bonds. The van der Waals surface area contributed by atoms with Crippen molar-refractivity contribution in [1.29, 1.82) is 0 Å². The van der Waals surface area contributed by atoms with Crippen molar-refractivity contribution >= 4 is 16.5 Å². The summed E-state index contributed by atoms with van der Waals surface area (Å²) in [5.74, 6) is 0.615. The number of nitrogens with zero attached hydrogens (tertiary/aromatic N) is 1. The summed E-state index contributed by atoms with van der Waals surface area (Å²) in [5, 5.41) is 13.8. The third-order valence-electron chi connectivity index (χ3n) is 3.08. The number of aryl methyl sites for hydroxylation is 2. The molecule has 84 valence electrons. The molecule has 2 rings (SSSR count). The molecule has 0 bridgehead atoms. The maximum Gasteiger partial charge on any atom is 0.183 e. The molecule has 0 spiro atoms. The summed E-state index contributed by atoms with van der Waals surface area (Å²) in [7, 11) is 0. The number of thiazole rings is 1. The van der Waals surface area contributed by atoms with E-state index >= 15 is 0 Å². The normalized spacial score (nSPS) is 25.8. The SMILES string of the molecule is Cc1nc(NCC2CCC(O)C2)sc1C. The molecule has 1 aliphatic carbocycles. The molecule has 0 aliphatic heterocycles. The topological polar surface area (TPSA) is 45.2 Å². The van der Waals surface area contributed by atoms with Crippen LogP contribution in [-0.2, 0) is 0 Å². The van der Waals surface area contributed by atoms with Gasteiger partial charge in [0.1, 0.15) is 0 Å². The van der Waals surface area contributed by atoms with Gasteiger partial charge in [-0.3, -0.25) is 0 Å². The number of aliphatic hydroxyl groups is 1. The first-order valence-electron chi connectivity index (χ1n) is 5.51. The van der Waals surface area contributed by atoms with Crippen molar-refractivity contribution in [1.82, 2.24) is 4.98 Å². The lowest BCUT2D eigenvalue weighted by Gasteiger charge is -2.09. The number of hydrogen-bond donors (Lipinski definition) is 2.